The van der Waals surface area contributed by atoms with E-state index >= 15 is 0 Å². The Labute approximate surface area is 214 Å². The number of carboxylic acid groups (broad SMARTS) is 1. The molecule has 37 heavy (non-hydrogen) atoms. The van der Waals surface area contributed by atoms with E-state index in [1.54, 1.807) is 41.2 Å². The van der Waals surface area contributed by atoms with E-state index in [-0.39, 0.29) is 30.2 Å². The van der Waals surface area contributed by atoms with Gasteiger partial charge in [-0.25, -0.2) is 17.5 Å². The molecule has 3 aliphatic rings. The van der Waals surface area contributed by atoms with Crippen LogP contribution in [0.4, 0.5) is 10.1 Å². The van der Waals surface area contributed by atoms with Crippen molar-refractivity contribution in [3.63, 3.8) is 0 Å². The Bertz CT molecular complexity index is 1510. The van der Waals surface area contributed by atoms with Crippen LogP contribution in [0, 0.1) is 11.2 Å². The van der Waals surface area contributed by atoms with Gasteiger partial charge < -0.3 is 10.0 Å². The number of hydrogen-bond acceptors (Lipinski definition) is 5. The summed E-state index contributed by atoms with van der Waals surface area (Å²) in [5.41, 5.74) is 2.30. The summed E-state index contributed by atoms with van der Waals surface area (Å²) in [7, 11) is -3.90. The molecule has 10 heteroatoms. The molecule has 2 aliphatic heterocycles. The number of carboxylic acids is 1. The zero-order valence-electron chi connectivity index (χ0n) is 20.2. The minimum atomic E-state index is -3.90. The summed E-state index contributed by atoms with van der Waals surface area (Å²) in [6.07, 6.45) is 6.03. The fourth-order valence-electron chi connectivity index (χ4n) is 5.76. The monoisotopic (exact) mass is 522 g/mol. The van der Waals surface area contributed by atoms with Gasteiger partial charge in [0.15, 0.2) is 0 Å². The van der Waals surface area contributed by atoms with E-state index in [9.17, 15) is 22.7 Å². The van der Waals surface area contributed by atoms with Gasteiger partial charge in [-0.15, -0.1) is 0 Å². The molecule has 1 aromatic heterocycles. The summed E-state index contributed by atoms with van der Waals surface area (Å²) < 4.78 is 43.8. The molecule has 0 bridgehead atoms. The third-order valence-corrected chi connectivity index (χ3v) is 9.63. The van der Waals surface area contributed by atoms with Crippen molar-refractivity contribution in [2.75, 3.05) is 31.1 Å². The highest BCUT2D eigenvalue weighted by atomic mass is 32.2. The number of carbonyl (C=O) groups is 1. The number of hydrogen-bond donors (Lipinski definition) is 1. The first-order chi connectivity index (χ1) is 17.8. The highest BCUT2D eigenvalue weighted by Crippen LogP contribution is 2.45. The molecular formula is C27H27FN4O4S. The van der Waals surface area contributed by atoms with Gasteiger partial charge in [0, 0.05) is 31.9 Å². The first kappa shape index (κ1) is 23.9. The largest absolute Gasteiger partial charge is 0.481 e. The molecule has 1 atom stereocenters. The smallest absolute Gasteiger partial charge is 0.315 e. The molecule has 0 radical (unpaired) electrons. The van der Waals surface area contributed by atoms with Crippen LogP contribution in [0.25, 0.3) is 11.8 Å². The predicted molar refractivity (Wildman–Crippen MR) is 137 cm³/mol. The van der Waals surface area contributed by atoms with Crippen LogP contribution in [0.5, 0.6) is 0 Å². The number of anilines is 1. The molecule has 3 aromatic rings. The molecule has 6 rings (SSSR count). The Morgan fingerprint density at radius 2 is 1.78 bits per heavy atom. The average molecular weight is 523 g/mol. The second-order valence-corrected chi connectivity index (χ2v) is 11.9. The van der Waals surface area contributed by atoms with Crippen LogP contribution in [0.2, 0.25) is 0 Å². The van der Waals surface area contributed by atoms with E-state index < -0.39 is 21.4 Å². The molecule has 1 unspecified atom stereocenters. The topological polar surface area (TPSA) is 95.7 Å². The standard InChI is InChI=1S/C27H27FN4O4S/c28-21-6-8-22(9-7-21)32-25-14-20-10-13-31(18-27(20,26(33)34)16-19(25)17-29-32)37(35,36)24-5-3-4-23(15-24)30-11-1-2-12-30/h3-9,14-15,17H,1-2,10-13,16,18H2,(H,33,34). The minimum Gasteiger partial charge on any atom is -0.481 e. The zero-order valence-corrected chi connectivity index (χ0v) is 21.0. The van der Waals surface area contributed by atoms with E-state index in [1.807, 2.05) is 12.1 Å². The number of fused-ring (bicyclic) bond motifs is 2. The molecule has 0 amide bonds. The third kappa shape index (κ3) is 3.95. The van der Waals surface area contributed by atoms with Gasteiger partial charge in [-0.1, -0.05) is 6.07 Å². The molecule has 1 N–H and O–H groups in total. The van der Waals surface area contributed by atoms with Gasteiger partial charge in [-0.3, -0.25) is 4.79 Å². The highest BCUT2D eigenvalue weighted by Gasteiger charge is 2.51. The van der Waals surface area contributed by atoms with Crippen LogP contribution in [-0.4, -0.2) is 59.8 Å². The van der Waals surface area contributed by atoms with Crippen molar-refractivity contribution in [3.05, 3.63) is 77.4 Å². The number of benzene rings is 2. The highest BCUT2D eigenvalue weighted by molar-refractivity contribution is 7.89. The number of nitrogens with zero attached hydrogens (tertiary/aromatic N) is 4. The minimum absolute atomic E-state index is 0.129. The molecular weight excluding hydrogens is 495 g/mol. The third-order valence-electron chi connectivity index (χ3n) is 7.79. The molecule has 2 fully saturated rings. The van der Waals surface area contributed by atoms with Crippen molar-refractivity contribution in [3.8, 4) is 5.69 Å². The maximum Gasteiger partial charge on any atom is 0.315 e. The Morgan fingerprint density at radius 3 is 2.51 bits per heavy atom. The number of rotatable bonds is 5. The summed E-state index contributed by atoms with van der Waals surface area (Å²) in [6, 6.07) is 12.9. The maximum absolute atomic E-state index is 13.7. The Kier molecular flexibility index (Phi) is 5.68. The maximum atomic E-state index is 13.7. The fraction of sp³-hybridized carbons (Fsp3) is 0.333. The molecule has 192 valence electrons. The lowest BCUT2D eigenvalue weighted by Crippen LogP contribution is -2.53. The number of piperidine rings is 1. The molecule has 1 aliphatic carbocycles. The van der Waals surface area contributed by atoms with Gasteiger partial charge in [0.25, 0.3) is 0 Å². The van der Waals surface area contributed by atoms with E-state index in [0.717, 1.165) is 37.3 Å². The molecule has 0 spiro atoms. The lowest BCUT2D eigenvalue weighted by molar-refractivity contribution is -0.147. The normalized spacial score (nSPS) is 21.9. The molecule has 8 nitrogen and oxygen atoms in total. The van der Waals surface area contributed by atoms with Crippen molar-refractivity contribution in [1.29, 1.82) is 0 Å². The van der Waals surface area contributed by atoms with Gasteiger partial charge in [0.05, 0.1) is 22.5 Å². The van der Waals surface area contributed by atoms with Crippen LogP contribution >= 0.6 is 0 Å². The molecule has 2 aromatic carbocycles. The van der Waals surface area contributed by atoms with E-state index in [0.29, 0.717) is 23.2 Å². The molecule has 2 saturated heterocycles. The summed E-state index contributed by atoms with van der Waals surface area (Å²) in [5.74, 6) is -1.41. The summed E-state index contributed by atoms with van der Waals surface area (Å²) in [5, 5.41) is 14.8. The van der Waals surface area contributed by atoms with E-state index in [2.05, 4.69) is 10.00 Å². The fourth-order valence-corrected chi connectivity index (χ4v) is 7.30. The number of halogens is 1. The van der Waals surface area contributed by atoms with Crippen LogP contribution < -0.4 is 4.90 Å². The van der Waals surface area contributed by atoms with Gasteiger partial charge in [0.1, 0.15) is 11.2 Å². The van der Waals surface area contributed by atoms with E-state index in [1.165, 1.54) is 16.4 Å². The Morgan fingerprint density at radius 1 is 1.03 bits per heavy atom. The van der Waals surface area contributed by atoms with Crippen molar-refractivity contribution in [1.82, 2.24) is 14.1 Å². The van der Waals surface area contributed by atoms with Gasteiger partial charge in [0.2, 0.25) is 10.0 Å². The zero-order chi connectivity index (χ0) is 25.8. The summed E-state index contributed by atoms with van der Waals surface area (Å²) in [6.45, 7) is 1.84. The molecule has 0 saturated carbocycles. The SMILES string of the molecule is O=C(O)C12Cc3cnn(-c4ccc(F)cc4)c3C=C1CCN(S(=O)(=O)c1cccc(N3CCCC3)c1)C2. The van der Waals surface area contributed by atoms with Crippen molar-refractivity contribution < 1.29 is 22.7 Å². The predicted octanol–water partition coefficient (Wildman–Crippen LogP) is 3.72. The van der Waals surface area contributed by atoms with Gasteiger partial charge in [-0.05, 0) is 85.4 Å². The van der Waals surface area contributed by atoms with Gasteiger partial charge >= 0.3 is 5.97 Å². The van der Waals surface area contributed by atoms with Crippen molar-refractivity contribution in [2.24, 2.45) is 5.41 Å². The number of aliphatic carboxylic acids is 1. The van der Waals surface area contributed by atoms with E-state index in [4.69, 9.17) is 0 Å². The average Bonchev–Trinajstić information content (AvgIpc) is 3.58. The Hall–Kier alpha value is -3.50. The quantitative estimate of drug-likeness (QED) is 0.549. The van der Waals surface area contributed by atoms with Crippen LogP contribution in [-0.2, 0) is 21.2 Å². The van der Waals surface area contributed by atoms with Crippen LogP contribution in [0.3, 0.4) is 0 Å². The van der Waals surface area contributed by atoms with Crippen molar-refractivity contribution >= 4 is 27.8 Å². The van der Waals surface area contributed by atoms with Crippen molar-refractivity contribution in [2.45, 2.75) is 30.6 Å². The second kappa shape index (κ2) is 8.81. The summed E-state index contributed by atoms with van der Waals surface area (Å²) in [4.78, 5) is 15.1. The lowest BCUT2D eigenvalue weighted by atomic mass is 9.69. The second-order valence-electron chi connectivity index (χ2n) is 9.96. The van der Waals surface area contributed by atoms with Crippen LogP contribution in [0.1, 0.15) is 30.5 Å². The Balaban J connectivity index is 1.33. The lowest BCUT2D eigenvalue weighted by Gasteiger charge is -2.43. The first-order valence-electron chi connectivity index (χ1n) is 12.4. The number of sulfonamides is 1. The van der Waals surface area contributed by atoms with Crippen LogP contribution in [0.15, 0.2) is 65.2 Å². The molecule has 3 heterocycles. The van der Waals surface area contributed by atoms with Gasteiger partial charge in [-0.2, -0.15) is 9.40 Å². The number of aromatic nitrogens is 2. The summed E-state index contributed by atoms with van der Waals surface area (Å²) >= 11 is 0. The first-order valence-corrected chi connectivity index (χ1v) is 13.8.